The van der Waals surface area contributed by atoms with Crippen molar-refractivity contribution in [1.29, 1.82) is 0 Å². The molecule has 0 saturated carbocycles. The number of benzene rings is 1. The van der Waals surface area contributed by atoms with E-state index in [0.29, 0.717) is 0 Å². The van der Waals surface area contributed by atoms with Crippen LogP contribution in [0.2, 0.25) is 0 Å². The number of para-hydroxylation sites is 1. The first-order valence-corrected chi connectivity index (χ1v) is 7.47. The van der Waals surface area contributed by atoms with Gasteiger partial charge in [0, 0.05) is 31.4 Å². The summed E-state index contributed by atoms with van der Waals surface area (Å²) in [4.78, 5) is 2.29. The molecule has 2 rings (SSSR count). The number of nitrogens with zero attached hydrogens (tertiary/aromatic N) is 3. The molecule has 0 unspecified atom stereocenters. The van der Waals surface area contributed by atoms with E-state index in [-0.39, 0.29) is 5.54 Å². The van der Waals surface area contributed by atoms with Crippen LogP contribution in [-0.2, 0) is 6.54 Å². The Morgan fingerprint density at radius 2 is 1.86 bits per heavy atom. The summed E-state index contributed by atoms with van der Waals surface area (Å²) >= 11 is 0. The van der Waals surface area contributed by atoms with E-state index in [4.69, 9.17) is 0 Å². The lowest BCUT2D eigenvalue weighted by molar-refractivity contribution is 0.300. The van der Waals surface area contributed by atoms with Gasteiger partial charge >= 0.3 is 0 Å². The summed E-state index contributed by atoms with van der Waals surface area (Å²) in [6.45, 7) is 9.43. The molecule has 4 heteroatoms. The molecule has 0 radical (unpaired) electrons. The lowest BCUT2D eigenvalue weighted by Crippen LogP contribution is -2.40. The Balaban J connectivity index is 1.85. The van der Waals surface area contributed by atoms with Crippen LogP contribution in [0.4, 0.5) is 0 Å². The van der Waals surface area contributed by atoms with Crippen LogP contribution in [0, 0.1) is 0 Å². The van der Waals surface area contributed by atoms with Crippen molar-refractivity contribution in [3.05, 3.63) is 48.3 Å². The van der Waals surface area contributed by atoms with Gasteiger partial charge in [0.15, 0.2) is 0 Å². The summed E-state index contributed by atoms with van der Waals surface area (Å²) < 4.78 is 1.93. The minimum absolute atomic E-state index is 0.176. The third-order valence-corrected chi connectivity index (χ3v) is 3.25. The first-order chi connectivity index (χ1) is 9.94. The SMILES string of the molecule is CN(CCNC(C)(C)C)Cc1ccn(-c2ccccc2)n1. The summed E-state index contributed by atoms with van der Waals surface area (Å²) in [5.41, 5.74) is 2.37. The second-order valence-corrected chi connectivity index (χ2v) is 6.50. The van der Waals surface area contributed by atoms with Crippen LogP contribution < -0.4 is 5.32 Å². The number of hydrogen-bond donors (Lipinski definition) is 1. The number of aromatic nitrogens is 2. The van der Waals surface area contributed by atoms with Crippen molar-refractivity contribution in [2.75, 3.05) is 20.1 Å². The van der Waals surface area contributed by atoms with Crippen LogP contribution in [0.15, 0.2) is 42.6 Å². The van der Waals surface area contributed by atoms with E-state index in [0.717, 1.165) is 31.0 Å². The van der Waals surface area contributed by atoms with Gasteiger partial charge in [0.1, 0.15) is 0 Å². The van der Waals surface area contributed by atoms with Gasteiger partial charge in [-0.1, -0.05) is 18.2 Å². The summed E-state index contributed by atoms with van der Waals surface area (Å²) in [6, 6.07) is 12.3. The first-order valence-electron chi connectivity index (χ1n) is 7.47. The summed E-state index contributed by atoms with van der Waals surface area (Å²) in [5, 5.41) is 8.13. The molecule has 0 bridgehead atoms. The van der Waals surface area contributed by atoms with E-state index >= 15 is 0 Å². The molecule has 0 spiro atoms. The highest BCUT2D eigenvalue weighted by Crippen LogP contribution is 2.08. The molecule has 1 aromatic heterocycles. The van der Waals surface area contributed by atoms with E-state index in [1.807, 2.05) is 29.1 Å². The molecule has 0 saturated heterocycles. The normalized spacial score (nSPS) is 12.0. The molecule has 21 heavy (non-hydrogen) atoms. The average Bonchev–Trinajstić information content (AvgIpc) is 2.86. The van der Waals surface area contributed by atoms with Crippen LogP contribution in [0.1, 0.15) is 26.5 Å². The van der Waals surface area contributed by atoms with Crippen molar-refractivity contribution in [2.24, 2.45) is 0 Å². The number of likely N-dealkylation sites (N-methyl/N-ethyl adjacent to an activating group) is 1. The second-order valence-electron chi connectivity index (χ2n) is 6.50. The standard InChI is InChI=1S/C17H26N4/c1-17(2,3)18-11-13-20(4)14-15-10-12-21(19-15)16-8-6-5-7-9-16/h5-10,12,18H,11,13-14H2,1-4H3. The van der Waals surface area contributed by atoms with Crippen molar-refractivity contribution in [1.82, 2.24) is 20.0 Å². The van der Waals surface area contributed by atoms with E-state index < -0.39 is 0 Å². The Morgan fingerprint density at radius 1 is 1.14 bits per heavy atom. The van der Waals surface area contributed by atoms with Gasteiger partial charge in [-0.3, -0.25) is 4.90 Å². The fourth-order valence-electron chi connectivity index (χ4n) is 2.15. The van der Waals surface area contributed by atoms with Crippen molar-refractivity contribution in [2.45, 2.75) is 32.9 Å². The lowest BCUT2D eigenvalue weighted by Gasteiger charge is -2.23. The fourth-order valence-corrected chi connectivity index (χ4v) is 2.15. The van der Waals surface area contributed by atoms with Gasteiger partial charge in [0.2, 0.25) is 0 Å². The minimum Gasteiger partial charge on any atom is -0.311 e. The summed E-state index contributed by atoms with van der Waals surface area (Å²) in [7, 11) is 2.13. The van der Waals surface area contributed by atoms with Gasteiger partial charge in [-0.2, -0.15) is 5.10 Å². The molecule has 2 aromatic rings. The molecule has 1 N–H and O–H groups in total. The predicted molar refractivity (Wildman–Crippen MR) is 87.7 cm³/mol. The predicted octanol–water partition coefficient (Wildman–Crippen LogP) is 2.69. The average molecular weight is 286 g/mol. The third-order valence-electron chi connectivity index (χ3n) is 3.25. The molecule has 0 fully saturated rings. The fraction of sp³-hybridized carbons (Fsp3) is 0.471. The monoisotopic (exact) mass is 286 g/mol. The molecular formula is C17H26N4. The highest BCUT2D eigenvalue weighted by Gasteiger charge is 2.09. The summed E-state index contributed by atoms with van der Waals surface area (Å²) in [6.07, 6.45) is 2.02. The number of rotatable bonds is 6. The maximum atomic E-state index is 4.63. The van der Waals surface area contributed by atoms with Gasteiger partial charge in [-0.15, -0.1) is 0 Å². The third kappa shape index (κ3) is 5.33. The van der Waals surface area contributed by atoms with Crippen LogP contribution in [0.5, 0.6) is 0 Å². The van der Waals surface area contributed by atoms with Crippen molar-refractivity contribution < 1.29 is 0 Å². The van der Waals surface area contributed by atoms with Gasteiger partial charge < -0.3 is 5.32 Å². The molecule has 0 aliphatic heterocycles. The Bertz CT molecular complexity index is 539. The second kappa shape index (κ2) is 6.87. The zero-order valence-electron chi connectivity index (χ0n) is 13.5. The molecule has 0 amide bonds. The smallest absolute Gasteiger partial charge is 0.0769 e. The van der Waals surface area contributed by atoms with Gasteiger partial charge in [0.05, 0.1) is 11.4 Å². The zero-order valence-corrected chi connectivity index (χ0v) is 13.5. The minimum atomic E-state index is 0.176. The lowest BCUT2D eigenvalue weighted by atomic mass is 10.1. The Labute approximate surface area is 127 Å². The van der Waals surface area contributed by atoms with E-state index in [2.05, 4.69) is 61.3 Å². The quantitative estimate of drug-likeness (QED) is 0.886. The number of hydrogen-bond acceptors (Lipinski definition) is 3. The van der Waals surface area contributed by atoms with Crippen LogP contribution >= 0.6 is 0 Å². The van der Waals surface area contributed by atoms with Gasteiger partial charge in [-0.05, 0) is 46.0 Å². The van der Waals surface area contributed by atoms with Crippen LogP contribution in [-0.4, -0.2) is 40.4 Å². The summed E-state index contributed by atoms with van der Waals surface area (Å²) in [5.74, 6) is 0. The van der Waals surface area contributed by atoms with Crippen LogP contribution in [0.25, 0.3) is 5.69 Å². The van der Waals surface area contributed by atoms with Gasteiger partial charge in [0.25, 0.3) is 0 Å². The molecule has 1 heterocycles. The molecule has 1 aromatic carbocycles. The van der Waals surface area contributed by atoms with Crippen molar-refractivity contribution >= 4 is 0 Å². The van der Waals surface area contributed by atoms with Gasteiger partial charge in [-0.25, -0.2) is 4.68 Å². The highest BCUT2D eigenvalue weighted by atomic mass is 15.3. The van der Waals surface area contributed by atoms with Crippen molar-refractivity contribution in [3.63, 3.8) is 0 Å². The topological polar surface area (TPSA) is 33.1 Å². The molecular weight excluding hydrogens is 260 g/mol. The van der Waals surface area contributed by atoms with E-state index in [1.54, 1.807) is 0 Å². The molecule has 0 atom stereocenters. The first kappa shape index (κ1) is 15.7. The Morgan fingerprint density at radius 3 is 2.52 bits per heavy atom. The Kier molecular flexibility index (Phi) is 5.15. The molecule has 0 aliphatic carbocycles. The largest absolute Gasteiger partial charge is 0.311 e. The molecule has 4 nitrogen and oxygen atoms in total. The van der Waals surface area contributed by atoms with E-state index in [1.165, 1.54) is 0 Å². The molecule has 0 aliphatic rings. The molecule has 114 valence electrons. The zero-order chi connectivity index (χ0) is 15.3. The van der Waals surface area contributed by atoms with Crippen molar-refractivity contribution in [3.8, 4) is 5.69 Å². The highest BCUT2D eigenvalue weighted by molar-refractivity contribution is 5.30. The number of nitrogens with one attached hydrogen (secondary N) is 1. The maximum absolute atomic E-state index is 4.63. The maximum Gasteiger partial charge on any atom is 0.0769 e. The van der Waals surface area contributed by atoms with Crippen LogP contribution in [0.3, 0.4) is 0 Å². The van der Waals surface area contributed by atoms with E-state index in [9.17, 15) is 0 Å². The Hall–Kier alpha value is -1.65.